The van der Waals surface area contributed by atoms with Crippen molar-refractivity contribution in [1.29, 1.82) is 0 Å². The van der Waals surface area contributed by atoms with Crippen molar-refractivity contribution in [3.63, 3.8) is 0 Å². The normalized spacial score (nSPS) is 10.0. The number of carbonyl (C=O) groups is 2. The molecule has 0 aliphatic rings. The van der Waals surface area contributed by atoms with E-state index in [0.717, 1.165) is 12.0 Å². The van der Waals surface area contributed by atoms with Crippen LogP contribution in [0.1, 0.15) is 29.3 Å². The van der Waals surface area contributed by atoms with Crippen molar-refractivity contribution in [3.05, 3.63) is 65.7 Å². The number of amides is 1. The third-order valence-corrected chi connectivity index (χ3v) is 3.25. The Kier molecular flexibility index (Phi) is 6.83. The first kappa shape index (κ1) is 17.5. The van der Waals surface area contributed by atoms with Gasteiger partial charge in [-0.15, -0.1) is 0 Å². The lowest BCUT2D eigenvalue weighted by atomic mass is 10.2. The van der Waals surface area contributed by atoms with Gasteiger partial charge in [0.2, 0.25) is 0 Å². The van der Waals surface area contributed by atoms with Crippen LogP contribution in [0.5, 0.6) is 5.75 Å². The molecular formula is C19H21NO4. The summed E-state index contributed by atoms with van der Waals surface area (Å²) in [5.41, 5.74) is 1.30. The van der Waals surface area contributed by atoms with Crippen LogP contribution < -0.4 is 10.1 Å². The number of nitrogens with one attached hydrogen (secondary N) is 1. The summed E-state index contributed by atoms with van der Waals surface area (Å²) in [7, 11) is 0. The molecule has 2 aromatic carbocycles. The van der Waals surface area contributed by atoms with Gasteiger partial charge in [0.1, 0.15) is 17.9 Å². The molecule has 0 aliphatic heterocycles. The van der Waals surface area contributed by atoms with Crippen molar-refractivity contribution in [2.45, 2.75) is 20.0 Å². The van der Waals surface area contributed by atoms with Gasteiger partial charge in [-0.2, -0.15) is 0 Å². The zero-order valence-corrected chi connectivity index (χ0v) is 13.7. The third-order valence-electron chi connectivity index (χ3n) is 3.25. The summed E-state index contributed by atoms with van der Waals surface area (Å²) >= 11 is 0. The minimum Gasteiger partial charge on any atom is -0.488 e. The Hall–Kier alpha value is -2.82. The summed E-state index contributed by atoms with van der Waals surface area (Å²) in [6.45, 7) is 2.56. The van der Waals surface area contributed by atoms with E-state index in [1.54, 1.807) is 24.3 Å². The lowest BCUT2D eigenvalue weighted by molar-refractivity contribution is -0.124. The molecule has 24 heavy (non-hydrogen) atoms. The monoisotopic (exact) mass is 327 g/mol. The molecule has 126 valence electrons. The second-order valence-electron chi connectivity index (χ2n) is 5.20. The fourth-order valence-corrected chi connectivity index (χ4v) is 2.02. The number of benzene rings is 2. The van der Waals surface area contributed by atoms with Crippen molar-refractivity contribution >= 4 is 11.9 Å². The summed E-state index contributed by atoms with van der Waals surface area (Å²) < 4.78 is 10.8. The first-order chi connectivity index (χ1) is 11.7. The largest absolute Gasteiger partial charge is 0.488 e. The predicted octanol–water partition coefficient (Wildman–Crippen LogP) is 2.95. The first-order valence-electron chi connectivity index (χ1n) is 7.90. The number of ether oxygens (including phenoxy) is 2. The van der Waals surface area contributed by atoms with Crippen molar-refractivity contribution in [3.8, 4) is 5.75 Å². The number of para-hydroxylation sites is 1. The summed E-state index contributed by atoms with van der Waals surface area (Å²) in [6, 6.07) is 16.5. The third kappa shape index (κ3) is 5.43. The number of carbonyl (C=O) groups excluding carboxylic acids is 2. The van der Waals surface area contributed by atoms with Crippen molar-refractivity contribution in [1.82, 2.24) is 5.32 Å². The van der Waals surface area contributed by atoms with Gasteiger partial charge >= 0.3 is 5.97 Å². The number of esters is 1. The number of hydrogen-bond acceptors (Lipinski definition) is 4. The van der Waals surface area contributed by atoms with E-state index in [0.29, 0.717) is 24.5 Å². The van der Waals surface area contributed by atoms with Gasteiger partial charge in [-0.3, -0.25) is 4.79 Å². The summed E-state index contributed by atoms with van der Waals surface area (Å²) in [5.74, 6) is -0.460. The van der Waals surface area contributed by atoms with Gasteiger partial charge in [0.15, 0.2) is 6.61 Å². The zero-order chi connectivity index (χ0) is 17.2. The van der Waals surface area contributed by atoms with Crippen LogP contribution in [0.25, 0.3) is 0 Å². The SMILES string of the molecule is CCCNC(=O)COC(=O)c1ccccc1OCc1ccccc1. The van der Waals surface area contributed by atoms with Gasteiger partial charge in [-0.25, -0.2) is 4.79 Å². The van der Waals surface area contributed by atoms with E-state index in [2.05, 4.69) is 5.32 Å². The van der Waals surface area contributed by atoms with Crippen LogP contribution >= 0.6 is 0 Å². The minimum atomic E-state index is -0.578. The zero-order valence-electron chi connectivity index (χ0n) is 13.7. The fourth-order valence-electron chi connectivity index (χ4n) is 2.02. The standard InChI is InChI=1S/C19H21NO4/c1-2-12-20-18(21)14-24-19(22)16-10-6-7-11-17(16)23-13-15-8-4-3-5-9-15/h3-11H,2,12-14H2,1H3,(H,20,21). The Balaban J connectivity index is 1.94. The average molecular weight is 327 g/mol. The Bertz CT molecular complexity index is 670. The average Bonchev–Trinajstić information content (AvgIpc) is 2.63. The lowest BCUT2D eigenvalue weighted by Gasteiger charge is -2.11. The molecule has 1 N–H and O–H groups in total. The molecule has 0 saturated heterocycles. The highest BCUT2D eigenvalue weighted by Gasteiger charge is 2.15. The van der Waals surface area contributed by atoms with Gasteiger partial charge in [0, 0.05) is 6.54 Å². The molecule has 0 radical (unpaired) electrons. The molecule has 0 spiro atoms. The highest BCUT2D eigenvalue weighted by atomic mass is 16.5. The first-order valence-corrected chi connectivity index (χ1v) is 7.90. The Morgan fingerprint density at radius 1 is 1.00 bits per heavy atom. The maximum absolute atomic E-state index is 12.2. The van der Waals surface area contributed by atoms with Gasteiger partial charge in [-0.1, -0.05) is 49.4 Å². The highest BCUT2D eigenvalue weighted by molar-refractivity contribution is 5.93. The van der Waals surface area contributed by atoms with Gasteiger partial charge in [0.05, 0.1) is 0 Å². The topological polar surface area (TPSA) is 64.6 Å². The van der Waals surface area contributed by atoms with E-state index in [4.69, 9.17) is 9.47 Å². The fraction of sp³-hybridized carbons (Fsp3) is 0.263. The minimum absolute atomic E-state index is 0.300. The van der Waals surface area contributed by atoms with Crippen LogP contribution in [0.15, 0.2) is 54.6 Å². The Morgan fingerprint density at radius 3 is 2.46 bits per heavy atom. The maximum Gasteiger partial charge on any atom is 0.342 e. The molecule has 0 heterocycles. The van der Waals surface area contributed by atoms with Gasteiger partial charge < -0.3 is 14.8 Å². The molecule has 0 aromatic heterocycles. The summed E-state index contributed by atoms with van der Waals surface area (Å²) in [4.78, 5) is 23.7. The van der Waals surface area contributed by atoms with Crippen molar-refractivity contribution in [2.24, 2.45) is 0 Å². The maximum atomic E-state index is 12.2. The molecule has 5 heteroatoms. The smallest absolute Gasteiger partial charge is 0.342 e. The number of rotatable bonds is 8. The Morgan fingerprint density at radius 2 is 1.71 bits per heavy atom. The Labute approximate surface area is 141 Å². The summed E-state index contributed by atoms with van der Waals surface area (Å²) in [5, 5.41) is 2.65. The molecule has 0 unspecified atom stereocenters. The van der Waals surface area contributed by atoms with E-state index in [1.807, 2.05) is 37.3 Å². The lowest BCUT2D eigenvalue weighted by Crippen LogP contribution is -2.29. The molecule has 2 rings (SSSR count). The molecule has 0 saturated carbocycles. The quantitative estimate of drug-likeness (QED) is 0.757. The number of hydrogen-bond donors (Lipinski definition) is 1. The summed E-state index contributed by atoms with van der Waals surface area (Å²) in [6.07, 6.45) is 0.829. The van der Waals surface area contributed by atoms with Gasteiger partial charge in [-0.05, 0) is 24.1 Å². The van der Waals surface area contributed by atoms with Gasteiger partial charge in [0.25, 0.3) is 5.91 Å². The second kappa shape index (κ2) is 9.35. The molecule has 0 aliphatic carbocycles. The van der Waals surface area contributed by atoms with Crippen molar-refractivity contribution < 1.29 is 19.1 Å². The molecule has 2 aromatic rings. The van der Waals surface area contributed by atoms with Crippen LogP contribution in [0.4, 0.5) is 0 Å². The highest BCUT2D eigenvalue weighted by Crippen LogP contribution is 2.20. The van der Waals surface area contributed by atoms with E-state index in [9.17, 15) is 9.59 Å². The molecule has 5 nitrogen and oxygen atoms in total. The van der Waals surface area contributed by atoms with E-state index >= 15 is 0 Å². The van der Waals surface area contributed by atoms with E-state index < -0.39 is 5.97 Å². The molecule has 0 atom stereocenters. The van der Waals surface area contributed by atoms with Crippen molar-refractivity contribution in [2.75, 3.05) is 13.2 Å². The predicted molar refractivity (Wildman–Crippen MR) is 90.8 cm³/mol. The molecule has 0 fully saturated rings. The molecular weight excluding hydrogens is 306 g/mol. The van der Waals surface area contributed by atoms with Crippen LogP contribution in [0, 0.1) is 0 Å². The van der Waals surface area contributed by atoms with Crippen LogP contribution in [-0.2, 0) is 16.1 Å². The second-order valence-corrected chi connectivity index (χ2v) is 5.20. The molecule has 0 bridgehead atoms. The van der Waals surface area contributed by atoms with E-state index in [1.165, 1.54) is 0 Å². The van der Waals surface area contributed by atoms with E-state index in [-0.39, 0.29) is 12.5 Å². The molecule has 1 amide bonds. The van der Waals surface area contributed by atoms with Crippen LogP contribution in [0.3, 0.4) is 0 Å². The van der Waals surface area contributed by atoms with Crippen LogP contribution in [0.2, 0.25) is 0 Å². The van der Waals surface area contributed by atoms with Crippen LogP contribution in [-0.4, -0.2) is 25.0 Å².